The van der Waals surface area contributed by atoms with Gasteiger partial charge in [0.05, 0.1) is 0 Å². The van der Waals surface area contributed by atoms with Gasteiger partial charge in [0.15, 0.2) is 0 Å². The quantitative estimate of drug-likeness (QED) is 0.555. The fraction of sp³-hybridized carbons (Fsp3) is 0.600. The second kappa shape index (κ2) is 7.13. The average Bonchev–Trinajstić information content (AvgIpc) is 2.59. The van der Waals surface area contributed by atoms with E-state index in [0.29, 0.717) is 0 Å². The van der Waals surface area contributed by atoms with Crippen LogP contribution in [0.3, 0.4) is 0 Å². The normalized spacial score (nSPS) is 10.6. The zero-order valence-electron chi connectivity index (χ0n) is 7.98. The van der Waals surface area contributed by atoms with Gasteiger partial charge in [-0.15, -0.1) is 0 Å². The average molecular weight is 321 g/mol. The van der Waals surface area contributed by atoms with E-state index in [1.165, 1.54) is 20.2 Å². The topological polar surface area (TPSA) is 0 Å². The summed E-state index contributed by atoms with van der Waals surface area (Å²) in [5.74, 6) is 0.791. The van der Waals surface area contributed by atoms with E-state index in [1.54, 1.807) is 4.88 Å². The molecule has 0 aliphatic heterocycles. The van der Waals surface area contributed by atoms with Crippen molar-refractivity contribution in [2.45, 2.75) is 28.6 Å². The molecule has 1 aromatic rings. The first kappa shape index (κ1) is 11.9. The molecule has 3 heteroatoms. The summed E-state index contributed by atoms with van der Waals surface area (Å²) in [7, 11) is 0. The van der Waals surface area contributed by atoms with E-state index in [1.807, 2.05) is 11.3 Å². The monoisotopic (exact) mass is 322 g/mol. The summed E-state index contributed by atoms with van der Waals surface area (Å²) in [5.41, 5.74) is 0. The van der Waals surface area contributed by atoms with Crippen LogP contribution in [0.1, 0.15) is 23.1 Å². The fourth-order valence-corrected chi connectivity index (χ4v) is 5.26. The molecule has 13 heavy (non-hydrogen) atoms. The summed E-state index contributed by atoms with van der Waals surface area (Å²) in [6, 6.07) is 4.59. The Hall–Kier alpha value is 0.789. The Morgan fingerprint density at radius 1 is 1.38 bits per heavy atom. The second-order valence-corrected chi connectivity index (χ2v) is 9.03. The molecule has 0 N–H and O–H groups in total. The van der Waals surface area contributed by atoms with E-state index in [-0.39, 0.29) is 21.1 Å². The van der Waals surface area contributed by atoms with Crippen LogP contribution in [-0.2, 0) is 10.9 Å². The first-order valence-electron chi connectivity index (χ1n) is 4.71. The molecule has 1 aromatic heterocycles. The van der Waals surface area contributed by atoms with E-state index in [0.717, 1.165) is 12.3 Å². The predicted molar refractivity (Wildman–Crippen MR) is 63.3 cm³/mol. The molecule has 2 radical (unpaired) electrons. The van der Waals surface area contributed by atoms with Crippen LogP contribution in [0.4, 0.5) is 0 Å². The Labute approximate surface area is 99.9 Å². The first-order chi connectivity index (χ1) is 6.36. The van der Waals surface area contributed by atoms with Gasteiger partial charge < -0.3 is 0 Å². The summed E-state index contributed by atoms with van der Waals surface area (Å²) in [5, 5.41) is 0. The Bertz CT molecular complexity index is 212. The third-order valence-electron chi connectivity index (χ3n) is 1.82. The zero-order chi connectivity index (χ0) is 9.52. The Balaban J connectivity index is 2.34. The number of alkyl halides is 1. The number of hydrogen-bond donors (Lipinski definition) is 0. The summed E-state index contributed by atoms with van der Waals surface area (Å²) in [4.78, 5) is 3.13. The molecule has 0 spiro atoms. The van der Waals surface area contributed by atoms with Crippen LogP contribution < -0.4 is 0 Å². The second-order valence-electron chi connectivity index (χ2n) is 2.94. The molecular formula is C10H15ClSSn. The fourth-order valence-electron chi connectivity index (χ4n) is 1.14. The van der Waals surface area contributed by atoms with Gasteiger partial charge in [0.25, 0.3) is 0 Å². The maximum absolute atomic E-state index is 5.65. The summed E-state index contributed by atoms with van der Waals surface area (Å²) < 4.78 is 2.88. The minimum absolute atomic E-state index is 0.0474. The van der Waals surface area contributed by atoms with E-state index < -0.39 is 0 Å². The standard InChI is InChI=1S/C8H10ClS.C2H5.Sn/c1-7-4-5-8(10-7)3-2-6-9;1-2;/h4-5H,1-3,6H2;1H2,2H3;. The van der Waals surface area contributed by atoms with Gasteiger partial charge >= 0.3 is 100 Å². The number of aryl methyl sites for hydroxylation is 1. The van der Waals surface area contributed by atoms with Crippen LogP contribution >= 0.6 is 22.9 Å². The molecule has 0 fully saturated rings. The van der Waals surface area contributed by atoms with Crippen molar-refractivity contribution >= 4 is 44.1 Å². The van der Waals surface area contributed by atoms with Crippen molar-refractivity contribution in [3.05, 3.63) is 21.9 Å². The zero-order valence-corrected chi connectivity index (χ0v) is 12.4. The minimum atomic E-state index is -0.0474. The van der Waals surface area contributed by atoms with Crippen LogP contribution in [0.25, 0.3) is 0 Å². The number of halogens is 1. The molecule has 0 aliphatic rings. The van der Waals surface area contributed by atoms with Crippen molar-refractivity contribution in [2.24, 2.45) is 0 Å². The van der Waals surface area contributed by atoms with Crippen LogP contribution in [0, 0.1) is 0 Å². The molecule has 0 aromatic carbocycles. The maximum atomic E-state index is 5.65. The molecule has 0 saturated heterocycles. The van der Waals surface area contributed by atoms with Gasteiger partial charge in [0.1, 0.15) is 0 Å². The molecule has 0 bridgehead atoms. The van der Waals surface area contributed by atoms with Gasteiger partial charge in [-0.3, -0.25) is 0 Å². The Morgan fingerprint density at radius 2 is 2.15 bits per heavy atom. The molecule has 72 valence electrons. The van der Waals surface area contributed by atoms with E-state index in [9.17, 15) is 0 Å². The molecule has 1 heterocycles. The van der Waals surface area contributed by atoms with Gasteiger partial charge in [-0.1, -0.05) is 0 Å². The SMILES string of the molecule is C[CH2][Sn][CH2]c1ccc(CCCCl)s1. The van der Waals surface area contributed by atoms with Gasteiger partial charge in [-0.25, -0.2) is 0 Å². The van der Waals surface area contributed by atoms with Crippen molar-refractivity contribution in [3.8, 4) is 0 Å². The van der Waals surface area contributed by atoms with Gasteiger partial charge in [0.2, 0.25) is 0 Å². The van der Waals surface area contributed by atoms with Crippen LogP contribution in [0.5, 0.6) is 0 Å². The number of rotatable bonds is 6. The molecule has 0 unspecified atom stereocenters. The molecule has 0 amide bonds. The number of thiophene rings is 1. The van der Waals surface area contributed by atoms with Crippen molar-refractivity contribution in [2.75, 3.05) is 5.88 Å². The molecule has 0 aliphatic carbocycles. The summed E-state index contributed by atoms with van der Waals surface area (Å²) >= 11 is 7.60. The third kappa shape index (κ3) is 4.70. The molecule has 0 atom stereocenters. The summed E-state index contributed by atoms with van der Waals surface area (Å²) in [6.07, 6.45) is 2.29. The van der Waals surface area contributed by atoms with Crippen molar-refractivity contribution < 1.29 is 0 Å². The van der Waals surface area contributed by atoms with E-state index in [4.69, 9.17) is 11.6 Å². The predicted octanol–water partition coefficient (Wildman–Crippen LogP) is 3.56. The van der Waals surface area contributed by atoms with Gasteiger partial charge in [-0.2, -0.15) is 0 Å². The number of hydrogen-bond acceptors (Lipinski definition) is 1. The molecule has 0 nitrogen and oxygen atoms in total. The van der Waals surface area contributed by atoms with Crippen LogP contribution in [-0.4, -0.2) is 27.0 Å². The van der Waals surface area contributed by atoms with Gasteiger partial charge in [-0.05, 0) is 0 Å². The van der Waals surface area contributed by atoms with Crippen molar-refractivity contribution in [1.82, 2.24) is 0 Å². The Kier molecular flexibility index (Phi) is 6.51. The van der Waals surface area contributed by atoms with Crippen molar-refractivity contribution in [1.29, 1.82) is 0 Å². The molecule has 0 saturated carbocycles. The third-order valence-corrected chi connectivity index (χ3v) is 7.19. The van der Waals surface area contributed by atoms with Crippen molar-refractivity contribution in [3.63, 3.8) is 0 Å². The first-order valence-corrected chi connectivity index (χ1v) is 10.1. The Morgan fingerprint density at radius 3 is 2.85 bits per heavy atom. The summed E-state index contributed by atoms with van der Waals surface area (Å²) in [6.45, 7) is 2.31. The molecule has 1 rings (SSSR count). The van der Waals surface area contributed by atoms with Gasteiger partial charge in [0, 0.05) is 0 Å². The molecular weight excluding hydrogens is 306 g/mol. The van der Waals surface area contributed by atoms with Crippen LogP contribution in [0.2, 0.25) is 4.44 Å². The van der Waals surface area contributed by atoms with Crippen LogP contribution in [0.15, 0.2) is 12.1 Å². The van der Waals surface area contributed by atoms with E-state index >= 15 is 0 Å². The van der Waals surface area contributed by atoms with E-state index in [2.05, 4.69) is 19.1 Å².